The van der Waals surface area contributed by atoms with Gasteiger partial charge in [0.05, 0.1) is 14.2 Å². The van der Waals surface area contributed by atoms with Crippen LogP contribution in [0.5, 0.6) is 5.75 Å². The summed E-state index contributed by atoms with van der Waals surface area (Å²) in [4.78, 5) is 11.7. The fourth-order valence-corrected chi connectivity index (χ4v) is 2.02. The SMILES string of the molecule is COC(=O)[C@@H](NCc1cc(Cl)ccc1OC)C(C)C. The van der Waals surface area contributed by atoms with Crippen molar-refractivity contribution in [3.8, 4) is 5.75 Å². The Labute approximate surface area is 119 Å². The van der Waals surface area contributed by atoms with Gasteiger partial charge < -0.3 is 9.47 Å². The molecule has 106 valence electrons. The third kappa shape index (κ3) is 4.40. The van der Waals surface area contributed by atoms with E-state index in [9.17, 15) is 4.79 Å². The van der Waals surface area contributed by atoms with E-state index in [4.69, 9.17) is 21.1 Å². The lowest BCUT2D eigenvalue weighted by Crippen LogP contribution is -2.41. The molecule has 0 radical (unpaired) electrons. The number of esters is 1. The summed E-state index contributed by atoms with van der Waals surface area (Å²) in [7, 11) is 2.99. The van der Waals surface area contributed by atoms with Crippen LogP contribution in [0.15, 0.2) is 18.2 Å². The highest BCUT2D eigenvalue weighted by Gasteiger charge is 2.22. The first-order valence-electron chi connectivity index (χ1n) is 6.13. The van der Waals surface area contributed by atoms with Crippen LogP contribution in [0.4, 0.5) is 0 Å². The van der Waals surface area contributed by atoms with E-state index < -0.39 is 0 Å². The van der Waals surface area contributed by atoms with E-state index in [1.807, 2.05) is 26.0 Å². The van der Waals surface area contributed by atoms with E-state index in [-0.39, 0.29) is 17.9 Å². The number of rotatable bonds is 6. The maximum atomic E-state index is 11.7. The zero-order chi connectivity index (χ0) is 14.4. The van der Waals surface area contributed by atoms with Gasteiger partial charge in [0.15, 0.2) is 0 Å². The zero-order valence-electron chi connectivity index (χ0n) is 11.7. The summed E-state index contributed by atoms with van der Waals surface area (Å²) >= 11 is 5.97. The third-order valence-electron chi connectivity index (χ3n) is 2.88. The van der Waals surface area contributed by atoms with Gasteiger partial charge in [-0.2, -0.15) is 0 Å². The lowest BCUT2D eigenvalue weighted by molar-refractivity contribution is -0.144. The van der Waals surface area contributed by atoms with E-state index in [0.29, 0.717) is 11.6 Å². The van der Waals surface area contributed by atoms with Crippen LogP contribution in [0.3, 0.4) is 0 Å². The summed E-state index contributed by atoms with van der Waals surface area (Å²) in [5.74, 6) is 0.609. The van der Waals surface area contributed by atoms with E-state index >= 15 is 0 Å². The lowest BCUT2D eigenvalue weighted by Gasteiger charge is -2.20. The molecule has 0 bridgehead atoms. The molecule has 1 aromatic rings. The molecule has 0 aromatic heterocycles. The van der Waals surface area contributed by atoms with Gasteiger partial charge in [-0.3, -0.25) is 10.1 Å². The number of ether oxygens (including phenoxy) is 2. The van der Waals surface area contributed by atoms with Gasteiger partial charge in [-0.05, 0) is 24.1 Å². The highest BCUT2D eigenvalue weighted by molar-refractivity contribution is 6.30. The van der Waals surface area contributed by atoms with Crippen LogP contribution in [0.25, 0.3) is 0 Å². The van der Waals surface area contributed by atoms with Gasteiger partial charge in [0.1, 0.15) is 11.8 Å². The maximum Gasteiger partial charge on any atom is 0.323 e. The Morgan fingerprint density at radius 3 is 2.58 bits per heavy atom. The smallest absolute Gasteiger partial charge is 0.323 e. The average Bonchev–Trinajstić information content (AvgIpc) is 2.38. The van der Waals surface area contributed by atoms with E-state index in [1.165, 1.54) is 7.11 Å². The van der Waals surface area contributed by atoms with Crippen molar-refractivity contribution in [2.45, 2.75) is 26.4 Å². The van der Waals surface area contributed by atoms with E-state index in [1.54, 1.807) is 13.2 Å². The third-order valence-corrected chi connectivity index (χ3v) is 3.11. The second-order valence-electron chi connectivity index (χ2n) is 4.58. The molecule has 4 nitrogen and oxygen atoms in total. The number of benzene rings is 1. The monoisotopic (exact) mass is 285 g/mol. The molecule has 1 aromatic carbocycles. The second-order valence-corrected chi connectivity index (χ2v) is 5.02. The minimum absolute atomic E-state index is 0.137. The molecule has 0 aliphatic rings. The molecule has 0 heterocycles. The Morgan fingerprint density at radius 1 is 1.37 bits per heavy atom. The first-order valence-corrected chi connectivity index (χ1v) is 6.51. The Hall–Kier alpha value is -1.26. The molecule has 1 N–H and O–H groups in total. The molecule has 0 aliphatic carbocycles. The van der Waals surface area contributed by atoms with Crippen LogP contribution in [0.2, 0.25) is 5.02 Å². The first-order chi connectivity index (χ1) is 8.99. The van der Waals surface area contributed by atoms with Gasteiger partial charge in [-0.1, -0.05) is 25.4 Å². The van der Waals surface area contributed by atoms with Crippen LogP contribution in [0.1, 0.15) is 19.4 Å². The van der Waals surface area contributed by atoms with Crippen molar-refractivity contribution in [2.75, 3.05) is 14.2 Å². The second kappa shape index (κ2) is 7.36. The van der Waals surface area contributed by atoms with Crippen LogP contribution in [-0.2, 0) is 16.1 Å². The summed E-state index contributed by atoms with van der Waals surface area (Å²) in [6.07, 6.45) is 0. The summed E-state index contributed by atoms with van der Waals surface area (Å²) in [6.45, 7) is 4.41. The van der Waals surface area contributed by atoms with Crippen molar-refractivity contribution in [1.82, 2.24) is 5.32 Å². The predicted octanol–water partition coefficient (Wildman–Crippen LogP) is 2.64. The molecular weight excluding hydrogens is 266 g/mol. The number of carbonyl (C=O) groups is 1. The molecule has 5 heteroatoms. The Morgan fingerprint density at radius 2 is 2.05 bits per heavy atom. The molecule has 0 saturated carbocycles. The number of nitrogens with one attached hydrogen (secondary N) is 1. The number of methoxy groups -OCH3 is 2. The van der Waals surface area contributed by atoms with E-state index in [2.05, 4.69) is 5.32 Å². The van der Waals surface area contributed by atoms with Gasteiger partial charge >= 0.3 is 5.97 Å². The summed E-state index contributed by atoms with van der Waals surface area (Å²) in [5, 5.41) is 3.81. The number of hydrogen-bond acceptors (Lipinski definition) is 4. The molecule has 0 fully saturated rings. The summed E-state index contributed by atoms with van der Waals surface area (Å²) in [6, 6.07) is 5.04. The highest BCUT2D eigenvalue weighted by atomic mass is 35.5. The average molecular weight is 286 g/mol. The molecule has 0 aliphatic heterocycles. The molecule has 0 spiro atoms. The minimum atomic E-state index is -0.353. The quantitative estimate of drug-likeness (QED) is 0.816. The number of hydrogen-bond donors (Lipinski definition) is 1. The Balaban J connectivity index is 2.79. The van der Waals surface area contributed by atoms with Crippen molar-refractivity contribution >= 4 is 17.6 Å². The molecule has 0 saturated heterocycles. The van der Waals surface area contributed by atoms with Crippen LogP contribution in [-0.4, -0.2) is 26.2 Å². The van der Waals surface area contributed by atoms with Gasteiger partial charge in [0, 0.05) is 17.1 Å². The number of carbonyl (C=O) groups excluding carboxylic acids is 1. The van der Waals surface area contributed by atoms with Crippen molar-refractivity contribution in [2.24, 2.45) is 5.92 Å². The van der Waals surface area contributed by atoms with E-state index in [0.717, 1.165) is 11.3 Å². The number of halogens is 1. The molecular formula is C14H20ClNO3. The molecule has 0 amide bonds. The van der Waals surface area contributed by atoms with Crippen LogP contribution in [0, 0.1) is 5.92 Å². The fourth-order valence-electron chi connectivity index (χ4n) is 1.82. The van der Waals surface area contributed by atoms with Gasteiger partial charge in [-0.25, -0.2) is 0 Å². The topological polar surface area (TPSA) is 47.6 Å². The summed E-state index contributed by atoms with van der Waals surface area (Å²) in [5.41, 5.74) is 0.907. The Bertz CT molecular complexity index is 435. The highest BCUT2D eigenvalue weighted by Crippen LogP contribution is 2.22. The maximum absolute atomic E-state index is 11.7. The normalized spacial score (nSPS) is 12.3. The van der Waals surface area contributed by atoms with Crippen molar-refractivity contribution < 1.29 is 14.3 Å². The molecule has 19 heavy (non-hydrogen) atoms. The van der Waals surface area contributed by atoms with Crippen LogP contribution >= 0.6 is 11.6 Å². The van der Waals surface area contributed by atoms with Gasteiger partial charge in [0.25, 0.3) is 0 Å². The van der Waals surface area contributed by atoms with Gasteiger partial charge in [0.2, 0.25) is 0 Å². The largest absolute Gasteiger partial charge is 0.496 e. The first kappa shape index (κ1) is 15.8. The van der Waals surface area contributed by atoms with Crippen molar-refractivity contribution in [3.05, 3.63) is 28.8 Å². The minimum Gasteiger partial charge on any atom is -0.496 e. The predicted molar refractivity (Wildman–Crippen MR) is 75.5 cm³/mol. The van der Waals surface area contributed by atoms with Crippen molar-refractivity contribution in [1.29, 1.82) is 0 Å². The van der Waals surface area contributed by atoms with Gasteiger partial charge in [-0.15, -0.1) is 0 Å². The molecule has 0 unspecified atom stereocenters. The zero-order valence-corrected chi connectivity index (χ0v) is 12.5. The molecule has 1 atom stereocenters. The molecule has 1 rings (SSSR count). The van der Waals surface area contributed by atoms with Crippen molar-refractivity contribution in [3.63, 3.8) is 0 Å². The summed E-state index contributed by atoms with van der Waals surface area (Å²) < 4.78 is 10.0. The lowest BCUT2D eigenvalue weighted by atomic mass is 10.0. The standard InChI is InChI=1S/C14H20ClNO3/c1-9(2)13(14(17)19-4)16-8-10-7-11(15)5-6-12(10)18-3/h5-7,9,13,16H,8H2,1-4H3/t13-/m0/s1. The van der Waals surface area contributed by atoms with Crippen LogP contribution < -0.4 is 10.1 Å². The fraction of sp³-hybridized carbons (Fsp3) is 0.500. The Kier molecular flexibility index (Phi) is 6.12.